The van der Waals surface area contributed by atoms with Gasteiger partial charge in [0.25, 0.3) is 0 Å². The summed E-state index contributed by atoms with van der Waals surface area (Å²) in [5.74, 6) is 1.19. The van der Waals surface area contributed by atoms with Gasteiger partial charge in [-0.25, -0.2) is 4.79 Å². The first-order valence-corrected chi connectivity index (χ1v) is 8.28. The van der Waals surface area contributed by atoms with Crippen molar-refractivity contribution in [3.8, 4) is 0 Å². The van der Waals surface area contributed by atoms with E-state index < -0.39 is 5.97 Å². The highest BCUT2D eigenvalue weighted by atomic mass is 35.5. The molecule has 5 heteroatoms. The fourth-order valence-corrected chi connectivity index (χ4v) is 5.23. The molecule has 1 aliphatic rings. The molecule has 1 aromatic carbocycles. The fraction of sp³-hybridized carbons (Fsp3) is 0.462. The zero-order chi connectivity index (χ0) is 13.3. The molecule has 0 amide bonds. The van der Waals surface area contributed by atoms with Crippen LogP contribution in [0, 0.1) is 6.92 Å². The van der Waals surface area contributed by atoms with E-state index in [9.17, 15) is 9.90 Å². The highest BCUT2D eigenvalue weighted by molar-refractivity contribution is 8.01. The molecule has 18 heavy (non-hydrogen) atoms. The largest absolute Gasteiger partial charge is 0.478 e. The average molecular weight is 303 g/mol. The van der Waals surface area contributed by atoms with Crippen LogP contribution in [0.3, 0.4) is 0 Å². The normalized spacial score (nSPS) is 18.5. The fourth-order valence-electron chi connectivity index (χ4n) is 2.28. The molecule has 1 atom stereocenters. The highest BCUT2D eigenvalue weighted by Gasteiger charge is 2.27. The third-order valence-electron chi connectivity index (χ3n) is 3.09. The monoisotopic (exact) mass is 302 g/mol. The SMILES string of the molecule is CCSC1CCSc2c(Cl)cc(C(=O)O)c(C)c21. The number of thioether (sulfide) groups is 2. The predicted octanol–water partition coefficient (Wildman–Crippen LogP) is 4.64. The van der Waals surface area contributed by atoms with Crippen molar-refractivity contribution in [3.05, 3.63) is 27.8 Å². The molecule has 1 aromatic rings. The van der Waals surface area contributed by atoms with Crippen molar-refractivity contribution in [3.63, 3.8) is 0 Å². The summed E-state index contributed by atoms with van der Waals surface area (Å²) in [6, 6.07) is 1.59. The molecule has 1 aliphatic heterocycles. The van der Waals surface area contributed by atoms with Crippen molar-refractivity contribution in [2.75, 3.05) is 11.5 Å². The van der Waals surface area contributed by atoms with Crippen LogP contribution in [0.15, 0.2) is 11.0 Å². The van der Waals surface area contributed by atoms with Crippen molar-refractivity contribution in [1.82, 2.24) is 0 Å². The van der Waals surface area contributed by atoms with Gasteiger partial charge in [-0.2, -0.15) is 11.8 Å². The van der Waals surface area contributed by atoms with Gasteiger partial charge in [-0.15, -0.1) is 11.8 Å². The number of rotatable bonds is 3. The molecule has 0 bridgehead atoms. The molecule has 0 radical (unpaired) electrons. The number of carbonyl (C=O) groups is 1. The Bertz CT molecular complexity index is 488. The first-order chi connectivity index (χ1) is 8.56. The lowest BCUT2D eigenvalue weighted by Gasteiger charge is -2.27. The van der Waals surface area contributed by atoms with Crippen molar-refractivity contribution >= 4 is 41.1 Å². The Morgan fingerprint density at radius 3 is 3.00 bits per heavy atom. The average Bonchev–Trinajstić information content (AvgIpc) is 2.33. The Hall–Kier alpha value is -0.320. The van der Waals surface area contributed by atoms with Crippen LogP contribution in [0.5, 0.6) is 0 Å². The Morgan fingerprint density at radius 2 is 2.39 bits per heavy atom. The van der Waals surface area contributed by atoms with E-state index in [0.717, 1.165) is 33.9 Å². The first-order valence-electron chi connectivity index (χ1n) is 5.87. The number of hydrogen-bond donors (Lipinski definition) is 1. The van der Waals surface area contributed by atoms with Crippen LogP contribution < -0.4 is 0 Å². The Morgan fingerprint density at radius 1 is 1.67 bits per heavy atom. The van der Waals surface area contributed by atoms with Gasteiger partial charge in [0.05, 0.1) is 10.6 Å². The predicted molar refractivity (Wildman–Crippen MR) is 79.4 cm³/mol. The molecular formula is C13H15ClO2S2. The number of halogens is 1. The molecule has 2 rings (SSSR count). The van der Waals surface area contributed by atoms with Crippen LogP contribution in [-0.2, 0) is 0 Å². The van der Waals surface area contributed by atoms with Gasteiger partial charge in [0.15, 0.2) is 0 Å². The van der Waals surface area contributed by atoms with Gasteiger partial charge in [-0.3, -0.25) is 0 Å². The van der Waals surface area contributed by atoms with Gasteiger partial charge >= 0.3 is 5.97 Å². The van der Waals surface area contributed by atoms with Crippen LogP contribution in [0.4, 0.5) is 0 Å². The van der Waals surface area contributed by atoms with E-state index in [4.69, 9.17) is 11.6 Å². The zero-order valence-electron chi connectivity index (χ0n) is 10.3. The van der Waals surface area contributed by atoms with Gasteiger partial charge in [0.2, 0.25) is 0 Å². The summed E-state index contributed by atoms with van der Waals surface area (Å²) in [7, 11) is 0. The minimum atomic E-state index is -0.895. The van der Waals surface area contributed by atoms with Crippen molar-refractivity contribution in [1.29, 1.82) is 0 Å². The topological polar surface area (TPSA) is 37.3 Å². The summed E-state index contributed by atoms with van der Waals surface area (Å²) in [6.07, 6.45) is 1.08. The molecule has 1 heterocycles. The van der Waals surface area contributed by atoms with Crippen LogP contribution in [0.1, 0.15) is 40.1 Å². The van der Waals surface area contributed by atoms with Gasteiger partial charge < -0.3 is 5.11 Å². The number of carboxylic acid groups (broad SMARTS) is 1. The molecule has 0 saturated carbocycles. The molecule has 0 aliphatic carbocycles. The molecule has 0 saturated heterocycles. The van der Waals surface area contributed by atoms with E-state index in [0.29, 0.717) is 15.8 Å². The molecule has 0 aromatic heterocycles. The highest BCUT2D eigenvalue weighted by Crippen LogP contribution is 2.48. The Balaban J connectivity index is 2.59. The van der Waals surface area contributed by atoms with Gasteiger partial charge in [-0.1, -0.05) is 18.5 Å². The van der Waals surface area contributed by atoms with Gasteiger partial charge in [0.1, 0.15) is 0 Å². The zero-order valence-corrected chi connectivity index (χ0v) is 12.7. The molecule has 2 nitrogen and oxygen atoms in total. The Kier molecular flexibility index (Phi) is 4.51. The number of aromatic carboxylic acids is 1. The van der Waals surface area contributed by atoms with E-state index >= 15 is 0 Å². The van der Waals surface area contributed by atoms with E-state index in [1.165, 1.54) is 0 Å². The Labute approximate surface area is 120 Å². The van der Waals surface area contributed by atoms with Gasteiger partial charge in [-0.05, 0) is 42.0 Å². The maximum atomic E-state index is 11.3. The van der Waals surface area contributed by atoms with Crippen molar-refractivity contribution in [2.24, 2.45) is 0 Å². The number of fused-ring (bicyclic) bond motifs is 1. The molecule has 98 valence electrons. The minimum Gasteiger partial charge on any atom is -0.478 e. The van der Waals surface area contributed by atoms with Crippen LogP contribution >= 0.6 is 35.1 Å². The summed E-state index contributed by atoms with van der Waals surface area (Å²) >= 11 is 9.85. The molecule has 1 unspecified atom stereocenters. The third-order valence-corrected chi connectivity index (χ3v) is 5.87. The minimum absolute atomic E-state index is 0.336. The maximum Gasteiger partial charge on any atom is 0.336 e. The second-order valence-electron chi connectivity index (χ2n) is 4.16. The van der Waals surface area contributed by atoms with Crippen molar-refractivity contribution in [2.45, 2.75) is 30.4 Å². The summed E-state index contributed by atoms with van der Waals surface area (Å²) in [4.78, 5) is 12.3. The lowest BCUT2D eigenvalue weighted by molar-refractivity contribution is 0.0696. The van der Waals surface area contributed by atoms with Gasteiger partial charge in [0, 0.05) is 10.1 Å². The molecule has 0 spiro atoms. The number of hydrogen-bond acceptors (Lipinski definition) is 3. The third kappa shape index (κ3) is 2.51. The van der Waals surface area contributed by atoms with Crippen molar-refractivity contribution < 1.29 is 9.90 Å². The summed E-state index contributed by atoms with van der Waals surface area (Å²) < 4.78 is 0. The van der Waals surface area contributed by atoms with Crippen LogP contribution in [0.2, 0.25) is 5.02 Å². The second kappa shape index (κ2) is 5.76. The van der Waals surface area contributed by atoms with E-state index in [-0.39, 0.29) is 0 Å². The number of carboxylic acids is 1. The summed E-state index contributed by atoms with van der Waals surface area (Å²) in [5, 5.41) is 10.2. The molecular weight excluding hydrogens is 288 g/mol. The van der Waals surface area contributed by atoms with E-state index in [2.05, 4.69) is 6.92 Å². The quantitative estimate of drug-likeness (QED) is 0.883. The lowest BCUT2D eigenvalue weighted by atomic mass is 9.98. The summed E-state index contributed by atoms with van der Waals surface area (Å²) in [6.45, 7) is 4.03. The smallest absolute Gasteiger partial charge is 0.336 e. The lowest BCUT2D eigenvalue weighted by Crippen LogP contribution is -2.11. The second-order valence-corrected chi connectivity index (χ2v) is 7.15. The molecule has 1 N–H and O–H groups in total. The standard InChI is InChI=1S/C13H15ClO2S2/c1-3-17-10-4-5-18-12-9(14)6-8(13(15)16)7(2)11(10)12/h6,10H,3-5H2,1-2H3,(H,15,16). The maximum absolute atomic E-state index is 11.3. The van der Waals surface area contributed by atoms with E-state index in [1.54, 1.807) is 17.8 Å². The number of benzene rings is 1. The van der Waals surface area contributed by atoms with Crippen LogP contribution in [-0.4, -0.2) is 22.6 Å². The van der Waals surface area contributed by atoms with E-state index in [1.807, 2.05) is 18.7 Å². The van der Waals surface area contributed by atoms with Crippen LogP contribution in [0.25, 0.3) is 0 Å². The summed E-state index contributed by atoms with van der Waals surface area (Å²) in [5.41, 5.74) is 2.35. The molecule has 0 fully saturated rings. The first kappa shape index (κ1) is 14.1.